The highest BCUT2D eigenvalue weighted by Crippen LogP contribution is 2.15. The molecule has 0 aliphatic heterocycles. The molecule has 0 aliphatic rings. The predicted molar refractivity (Wildman–Crippen MR) is 57.7 cm³/mol. The second-order valence-electron chi connectivity index (χ2n) is 4.08. The van der Waals surface area contributed by atoms with E-state index in [1.807, 2.05) is 34.0 Å². The van der Waals surface area contributed by atoms with Crippen molar-refractivity contribution in [2.45, 2.75) is 32.9 Å². The van der Waals surface area contributed by atoms with Gasteiger partial charge in [-0.15, -0.1) is 6.42 Å². The van der Waals surface area contributed by atoms with Gasteiger partial charge in [-0.3, -0.25) is 10.00 Å². The van der Waals surface area contributed by atoms with E-state index < -0.39 is 0 Å². The largest absolute Gasteiger partial charge is 0.286 e. The summed E-state index contributed by atoms with van der Waals surface area (Å²) in [7, 11) is 2.02. The number of aromatic amines is 1. The number of nitrogens with one attached hydrogen (secondary N) is 1. The van der Waals surface area contributed by atoms with Crippen LogP contribution in [0.2, 0.25) is 0 Å². The molecular weight excluding hydrogens is 174 g/mol. The van der Waals surface area contributed by atoms with Gasteiger partial charge < -0.3 is 0 Å². The van der Waals surface area contributed by atoms with Crippen LogP contribution in [0.1, 0.15) is 25.1 Å². The van der Waals surface area contributed by atoms with Crippen LogP contribution < -0.4 is 0 Å². The minimum absolute atomic E-state index is 0.219. The Hall–Kier alpha value is -1.27. The van der Waals surface area contributed by atoms with Crippen LogP contribution in [-0.2, 0) is 6.54 Å². The first kappa shape index (κ1) is 10.8. The van der Waals surface area contributed by atoms with Gasteiger partial charge in [0.1, 0.15) is 0 Å². The standard InChI is InChI=1S/C11H17N3/c1-6-11(3,4)14(5)8-10-7-12-13-9(10)2/h1,7H,8H2,2-5H3,(H,12,13). The summed E-state index contributed by atoms with van der Waals surface area (Å²) in [4.78, 5) is 2.13. The lowest BCUT2D eigenvalue weighted by Gasteiger charge is -2.30. The van der Waals surface area contributed by atoms with E-state index >= 15 is 0 Å². The highest BCUT2D eigenvalue weighted by Gasteiger charge is 2.20. The molecule has 1 N–H and O–H groups in total. The zero-order valence-electron chi connectivity index (χ0n) is 9.26. The highest BCUT2D eigenvalue weighted by molar-refractivity contribution is 5.16. The van der Waals surface area contributed by atoms with Crippen molar-refractivity contribution >= 4 is 0 Å². The lowest BCUT2D eigenvalue weighted by Crippen LogP contribution is -2.39. The summed E-state index contributed by atoms with van der Waals surface area (Å²) >= 11 is 0. The van der Waals surface area contributed by atoms with Crippen molar-refractivity contribution in [1.29, 1.82) is 0 Å². The molecule has 1 aromatic rings. The second kappa shape index (κ2) is 3.85. The van der Waals surface area contributed by atoms with Gasteiger partial charge in [-0.25, -0.2) is 0 Å². The Morgan fingerprint density at radius 3 is 2.71 bits per heavy atom. The normalized spacial score (nSPS) is 11.7. The van der Waals surface area contributed by atoms with Crippen LogP contribution in [0, 0.1) is 19.3 Å². The van der Waals surface area contributed by atoms with E-state index in [-0.39, 0.29) is 5.54 Å². The van der Waals surface area contributed by atoms with E-state index in [0.717, 1.165) is 12.2 Å². The van der Waals surface area contributed by atoms with Crippen LogP contribution in [0.25, 0.3) is 0 Å². The van der Waals surface area contributed by atoms with Gasteiger partial charge in [-0.1, -0.05) is 5.92 Å². The first-order valence-corrected chi connectivity index (χ1v) is 4.65. The number of hydrogen-bond donors (Lipinski definition) is 1. The minimum atomic E-state index is -0.219. The summed E-state index contributed by atoms with van der Waals surface area (Å²) in [5, 5.41) is 6.89. The van der Waals surface area contributed by atoms with E-state index in [1.165, 1.54) is 5.56 Å². The number of aryl methyl sites for hydroxylation is 1. The maximum atomic E-state index is 5.46. The lowest BCUT2D eigenvalue weighted by atomic mass is 10.0. The van der Waals surface area contributed by atoms with Gasteiger partial charge in [-0.05, 0) is 27.8 Å². The average molecular weight is 191 g/mol. The molecule has 0 unspecified atom stereocenters. The first-order chi connectivity index (χ1) is 6.47. The number of hydrogen-bond acceptors (Lipinski definition) is 2. The number of H-pyrrole nitrogens is 1. The molecular formula is C11H17N3. The number of nitrogens with zero attached hydrogens (tertiary/aromatic N) is 2. The Morgan fingerprint density at radius 1 is 1.64 bits per heavy atom. The third kappa shape index (κ3) is 2.15. The lowest BCUT2D eigenvalue weighted by molar-refractivity contribution is 0.205. The van der Waals surface area contributed by atoms with Gasteiger partial charge in [0.25, 0.3) is 0 Å². The summed E-state index contributed by atoms with van der Waals surface area (Å²) in [6.45, 7) is 6.89. The van der Waals surface area contributed by atoms with Crippen LogP contribution in [0.3, 0.4) is 0 Å². The molecule has 0 atom stereocenters. The first-order valence-electron chi connectivity index (χ1n) is 4.65. The molecule has 1 heterocycles. The molecule has 0 amide bonds. The van der Waals surface area contributed by atoms with E-state index in [0.29, 0.717) is 0 Å². The second-order valence-corrected chi connectivity index (χ2v) is 4.08. The molecule has 14 heavy (non-hydrogen) atoms. The fraction of sp³-hybridized carbons (Fsp3) is 0.545. The van der Waals surface area contributed by atoms with Crippen molar-refractivity contribution in [3.63, 3.8) is 0 Å². The fourth-order valence-electron chi connectivity index (χ4n) is 1.10. The average Bonchev–Trinajstić information content (AvgIpc) is 2.52. The number of rotatable bonds is 3. The maximum absolute atomic E-state index is 5.46. The molecule has 3 heteroatoms. The quantitative estimate of drug-likeness (QED) is 0.735. The zero-order chi connectivity index (χ0) is 10.8. The number of aromatic nitrogens is 2. The molecule has 0 saturated heterocycles. The van der Waals surface area contributed by atoms with E-state index in [4.69, 9.17) is 6.42 Å². The van der Waals surface area contributed by atoms with Gasteiger partial charge in [0.2, 0.25) is 0 Å². The minimum Gasteiger partial charge on any atom is -0.286 e. The Morgan fingerprint density at radius 2 is 2.29 bits per heavy atom. The van der Waals surface area contributed by atoms with Crippen LogP contribution in [0.15, 0.2) is 6.20 Å². The third-order valence-electron chi connectivity index (χ3n) is 2.65. The molecule has 0 spiro atoms. The molecule has 1 aromatic heterocycles. The summed E-state index contributed by atoms with van der Waals surface area (Å²) in [5.41, 5.74) is 2.07. The highest BCUT2D eigenvalue weighted by atomic mass is 15.2. The Kier molecular flexibility index (Phi) is 2.97. The molecule has 0 bridgehead atoms. The van der Waals surface area contributed by atoms with Gasteiger partial charge in [0.05, 0.1) is 11.7 Å². The Labute approximate surface area is 85.5 Å². The molecule has 0 aromatic carbocycles. The van der Waals surface area contributed by atoms with Crippen molar-refractivity contribution in [3.8, 4) is 12.3 Å². The molecule has 0 aliphatic carbocycles. The molecule has 1 rings (SSSR count). The Balaban J connectivity index is 2.72. The SMILES string of the molecule is C#CC(C)(C)N(C)Cc1cn[nH]c1C. The van der Waals surface area contributed by atoms with Gasteiger partial charge in [0.15, 0.2) is 0 Å². The molecule has 0 radical (unpaired) electrons. The Bertz CT molecular complexity index is 344. The van der Waals surface area contributed by atoms with Crippen molar-refractivity contribution < 1.29 is 0 Å². The monoisotopic (exact) mass is 191 g/mol. The van der Waals surface area contributed by atoms with Crippen molar-refractivity contribution in [2.24, 2.45) is 0 Å². The van der Waals surface area contributed by atoms with Gasteiger partial charge in [-0.2, -0.15) is 5.10 Å². The van der Waals surface area contributed by atoms with Gasteiger partial charge in [0, 0.05) is 17.8 Å². The van der Waals surface area contributed by atoms with Crippen LogP contribution >= 0.6 is 0 Å². The van der Waals surface area contributed by atoms with Crippen LogP contribution in [0.4, 0.5) is 0 Å². The number of terminal acetylenes is 1. The summed E-state index contributed by atoms with van der Waals surface area (Å²) < 4.78 is 0. The topological polar surface area (TPSA) is 31.9 Å². The van der Waals surface area contributed by atoms with E-state index in [9.17, 15) is 0 Å². The van der Waals surface area contributed by atoms with Crippen molar-refractivity contribution in [2.75, 3.05) is 7.05 Å². The maximum Gasteiger partial charge on any atom is 0.0766 e. The fourth-order valence-corrected chi connectivity index (χ4v) is 1.10. The smallest absolute Gasteiger partial charge is 0.0766 e. The predicted octanol–water partition coefficient (Wildman–Crippen LogP) is 1.56. The van der Waals surface area contributed by atoms with Crippen LogP contribution in [0.5, 0.6) is 0 Å². The van der Waals surface area contributed by atoms with E-state index in [2.05, 4.69) is 21.0 Å². The summed E-state index contributed by atoms with van der Waals surface area (Å²) in [5.74, 6) is 2.77. The third-order valence-corrected chi connectivity index (χ3v) is 2.65. The van der Waals surface area contributed by atoms with Crippen molar-refractivity contribution in [1.82, 2.24) is 15.1 Å². The van der Waals surface area contributed by atoms with Crippen LogP contribution in [-0.4, -0.2) is 27.7 Å². The van der Waals surface area contributed by atoms with Gasteiger partial charge >= 0.3 is 0 Å². The van der Waals surface area contributed by atoms with Crippen molar-refractivity contribution in [3.05, 3.63) is 17.5 Å². The molecule has 0 fully saturated rings. The molecule has 3 nitrogen and oxygen atoms in total. The molecule has 76 valence electrons. The zero-order valence-corrected chi connectivity index (χ0v) is 9.26. The summed E-state index contributed by atoms with van der Waals surface area (Å²) in [6, 6.07) is 0. The van der Waals surface area contributed by atoms with E-state index in [1.54, 1.807) is 0 Å². The molecule has 0 saturated carbocycles. The summed E-state index contributed by atoms with van der Waals surface area (Å²) in [6.07, 6.45) is 7.30.